The van der Waals surface area contributed by atoms with Crippen LogP contribution in [0.4, 0.5) is 0 Å². The van der Waals surface area contributed by atoms with E-state index in [9.17, 15) is 9.59 Å². The molecule has 0 aliphatic heterocycles. The normalized spacial score (nSPS) is 12.9. The van der Waals surface area contributed by atoms with Crippen molar-refractivity contribution in [3.05, 3.63) is 71.3 Å². The summed E-state index contributed by atoms with van der Waals surface area (Å²) >= 11 is 0. The minimum atomic E-state index is -0.0934. The van der Waals surface area contributed by atoms with E-state index in [4.69, 9.17) is 0 Å². The standard InChI is InChI=1S/C21H27N3O2/c1-16(18-7-5-4-6-8-18)13-23-20(25)15-24(3)14-17-9-11-19(12-10-17)21(26)22-2/h4-12,16H,13-15H2,1-3H3,(H,22,26)(H,23,25)/p+1/t16-/m1/s1. The lowest BCUT2D eigenvalue weighted by Gasteiger charge is -2.16. The van der Waals surface area contributed by atoms with Gasteiger partial charge in [0.1, 0.15) is 6.54 Å². The SMILES string of the molecule is CNC(=O)c1ccc(C[NH+](C)CC(=O)NC[C@@H](C)c2ccccc2)cc1. The Balaban J connectivity index is 1.77. The van der Waals surface area contributed by atoms with Gasteiger partial charge < -0.3 is 15.5 Å². The molecule has 26 heavy (non-hydrogen) atoms. The lowest BCUT2D eigenvalue weighted by Crippen LogP contribution is -3.08. The quantitative estimate of drug-likeness (QED) is 0.662. The van der Waals surface area contributed by atoms with Crippen molar-refractivity contribution in [2.45, 2.75) is 19.4 Å². The molecule has 0 fully saturated rings. The Kier molecular flexibility index (Phi) is 7.36. The van der Waals surface area contributed by atoms with E-state index in [1.807, 2.05) is 49.5 Å². The Labute approximate surface area is 155 Å². The highest BCUT2D eigenvalue weighted by Gasteiger charge is 2.13. The average Bonchev–Trinajstić information content (AvgIpc) is 2.66. The van der Waals surface area contributed by atoms with Crippen LogP contribution >= 0.6 is 0 Å². The predicted octanol–water partition coefficient (Wildman–Crippen LogP) is 0.981. The van der Waals surface area contributed by atoms with Crippen LogP contribution in [0, 0.1) is 0 Å². The molecule has 1 unspecified atom stereocenters. The summed E-state index contributed by atoms with van der Waals surface area (Å²) < 4.78 is 0. The van der Waals surface area contributed by atoms with Crippen molar-refractivity contribution in [3.63, 3.8) is 0 Å². The van der Waals surface area contributed by atoms with Crippen molar-refractivity contribution < 1.29 is 14.5 Å². The molecule has 0 bridgehead atoms. The second kappa shape index (κ2) is 9.73. The number of amides is 2. The van der Waals surface area contributed by atoms with Crippen molar-refractivity contribution >= 4 is 11.8 Å². The third-order valence-electron chi connectivity index (χ3n) is 4.39. The van der Waals surface area contributed by atoms with E-state index in [0.29, 0.717) is 18.7 Å². The zero-order chi connectivity index (χ0) is 18.9. The van der Waals surface area contributed by atoms with Crippen molar-refractivity contribution in [2.24, 2.45) is 0 Å². The fourth-order valence-corrected chi connectivity index (χ4v) is 2.83. The number of nitrogens with one attached hydrogen (secondary N) is 3. The summed E-state index contributed by atoms with van der Waals surface area (Å²) in [4.78, 5) is 24.8. The Bertz CT molecular complexity index is 714. The van der Waals surface area contributed by atoms with Gasteiger partial charge in [-0.1, -0.05) is 49.4 Å². The zero-order valence-electron chi connectivity index (χ0n) is 15.7. The van der Waals surface area contributed by atoms with Crippen molar-refractivity contribution in [3.8, 4) is 0 Å². The molecule has 5 nitrogen and oxygen atoms in total. The molecule has 0 radical (unpaired) electrons. The number of hydrogen-bond donors (Lipinski definition) is 3. The van der Waals surface area contributed by atoms with E-state index in [1.165, 1.54) is 5.56 Å². The minimum absolute atomic E-state index is 0.0484. The summed E-state index contributed by atoms with van der Waals surface area (Å²) in [6, 6.07) is 17.7. The number of hydrogen-bond acceptors (Lipinski definition) is 2. The first-order chi connectivity index (χ1) is 12.5. The molecule has 0 spiro atoms. The van der Waals surface area contributed by atoms with Crippen molar-refractivity contribution in [2.75, 3.05) is 27.2 Å². The van der Waals surface area contributed by atoms with Crippen LogP contribution in [0.2, 0.25) is 0 Å². The molecular weight excluding hydrogens is 326 g/mol. The largest absolute Gasteiger partial charge is 0.355 e. The van der Waals surface area contributed by atoms with E-state index in [2.05, 4.69) is 29.7 Å². The number of likely N-dealkylation sites (N-methyl/N-ethyl adjacent to an activating group) is 1. The lowest BCUT2D eigenvalue weighted by molar-refractivity contribution is -0.885. The Morgan fingerprint density at radius 2 is 1.69 bits per heavy atom. The van der Waals surface area contributed by atoms with Crippen LogP contribution in [0.1, 0.15) is 34.3 Å². The molecule has 0 saturated heterocycles. The Hall–Kier alpha value is -2.66. The Morgan fingerprint density at radius 3 is 2.31 bits per heavy atom. The molecule has 0 aliphatic rings. The first-order valence-corrected chi connectivity index (χ1v) is 8.93. The maximum atomic E-state index is 12.2. The molecule has 2 rings (SSSR count). The van der Waals surface area contributed by atoms with E-state index >= 15 is 0 Å². The molecule has 0 saturated carbocycles. The first-order valence-electron chi connectivity index (χ1n) is 8.93. The monoisotopic (exact) mass is 354 g/mol. The maximum Gasteiger partial charge on any atom is 0.275 e. The van der Waals surface area contributed by atoms with Gasteiger partial charge in [-0.2, -0.15) is 0 Å². The number of rotatable bonds is 8. The molecule has 0 aliphatic carbocycles. The third-order valence-corrected chi connectivity index (χ3v) is 4.39. The molecular formula is C21H28N3O2+. The predicted molar refractivity (Wildman–Crippen MR) is 103 cm³/mol. The van der Waals surface area contributed by atoms with Crippen LogP contribution in [0.5, 0.6) is 0 Å². The van der Waals surface area contributed by atoms with Gasteiger partial charge in [0.2, 0.25) is 0 Å². The van der Waals surface area contributed by atoms with Crippen molar-refractivity contribution in [1.82, 2.24) is 10.6 Å². The molecule has 2 aromatic carbocycles. The molecule has 2 atom stereocenters. The summed E-state index contributed by atoms with van der Waals surface area (Å²) in [5.74, 6) is 0.245. The number of benzene rings is 2. The molecule has 3 N–H and O–H groups in total. The van der Waals surface area contributed by atoms with Crippen LogP contribution in [-0.4, -0.2) is 39.0 Å². The fourth-order valence-electron chi connectivity index (χ4n) is 2.83. The number of carbonyl (C=O) groups excluding carboxylic acids is 2. The topological polar surface area (TPSA) is 62.6 Å². The van der Waals surface area contributed by atoms with Gasteiger partial charge in [-0.25, -0.2) is 0 Å². The van der Waals surface area contributed by atoms with Crippen LogP contribution in [0.25, 0.3) is 0 Å². The highest BCUT2D eigenvalue weighted by molar-refractivity contribution is 5.93. The van der Waals surface area contributed by atoms with Crippen LogP contribution in [0.15, 0.2) is 54.6 Å². The average molecular weight is 354 g/mol. The molecule has 0 aromatic heterocycles. The summed E-state index contributed by atoms with van der Waals surface area (Å²) in [6.07, 6.45) is 0. The zero-order valence-corrected chi connectivity index (χ0v) is 15.7. The molecule has 5 heteroatoms. The van der Waals surface area contributed by atoms with E-state index in [-0.39, 0.29) is 17.7 Å². The van der Waals surface area contributed by atoms with Gasteiger partial charge in [-0.15, -0.1) is 0 Å². The second-order valence-corrected chi connectivity index (χ2v) is 6.70. The summed E-state index contributed by atoms with van der Waals surface area (Å²) in [5.41, 5.74) is 2.96. The number of carbonyl (C=O) groups is 2. The molecule has 2 amide bonds. The molecule has 0 heterocycles. The van der Waals surface area contributed by atoms with Gasteiger partial charge in [0.15, 0.2) is 6.54 Å². The summed E-state index contributed by atoms with van der Waals surface area (Å²) in [5, 5.41) is 5.62. The highest BCUT2D eigenvalue weighted by atomic mass is 16.2. The minimum Gasteiger partial charge on any atom is -0.355 e. The van der Waals surface area contributed by atoms with Gasteiger partial charge in [0.05, 0.1) is 7.05 Å². The Morgan fingerprint density at radius 1 is 1.04 bits per heavy atom. The van der Waals surface area contributed by atoms with Crippen LogP contribution < -0.4 is 15.5 Å². The smallest absolute Gasteiger partial charge is 0.275 e. The molecule has 2 aromatic rings. The molecule has 138 valence electrons. The van der Waals surface area contributed by atoms with Crippen LogP contribution in [-0.2, 0) is 11.3 Å². The van der Waals surface area contributed by atoms with Crippen LogP contribution in [0.3, 0.4) is 0 Å². The summed E-state index contributed by atoms with van der Waals surface area (Å²) in [6.45, 7) is 3.89. The fraction of sp³-hybridized carbons (Fsp3) is 0.333. The van der Waals surface area contributed by atoms with Crippen molar-refractivity contribution in [1.29, 1.82) is 0 Å². The highest BCUT2D eigenvalue weighted by Crippen LogP contribution is 2.12. The van der Waals surface area contributed by atoms with Gasteiger partial charge in [-0.05, 0) is 23.6 Å². The number of quaternary nitrogens is 1. The van der Waals surface area contributed by atoms with E-state index in [1.54, 1.807) is 7.05 Å². The second-order valence-electron chi connectivity index (χ2n) is 6.70. The van der Waals surface area contributed by atoms with Gasteiger partial charge in [0.25, 0.3) is 11.8 Å². The van der Waals surface area contributed by atoms with Gasteiger partial charge >= 0.3 is 0 Å². The van der Waals surface area contributed by atoms with E-state index in [0.717, 1.165) is 17.0 Å². The summed E-state index contributed by atoms with van der Waals surface area (Å²) in [7, 11) is 3.61. The maximum absolute atomic E-state index is 12.2. The van der Waals surface area contributed by atoms with Gasteiger partial charge in [0, 0.05) is 24.7 Å². The first kappa shape index (κ1) is 19.7. The van der Waals surface area contributed by atoms with Gasteiger partial charge in [-0.3, -0.25) is 9.59 Å². The third kappa shape index (κ3) is 6.01. The lowest BCUT2D eigenvalue weighted by atomic mass is 10.0. The van der Waals surface area contributed by atoms with E-state index < -0.39 is 0 Å².